The van der Waals surface area contributed by atoms with Gasteiger partial charge in [0.2, 0.25) is 5.91 Å². The summed E-state index contributed by atoms with van der Waals surface area (Å²) in [4.78, 5) is 36.2. The highest BCUT2D eigenvalue weighted by Crippen LogP contribution is 2.26. The van der Waals surface area contributed by atoms with Crippen molar-refractivity contribution in [3.05, 3.63) is 62.6 Å². The van der Waals surface area contributed by atoms with Crippen molar-refractivity contribution in [1.82, 2.24) is 20.0 Å². The first kappa shape index (κ1) is 22.7. The van der Waals surface area contributed by atoms with Crippen molar-refractivity contribution in [2.24, 2.45) is 0 Å². The first-order valence-electron chi connectivity index (χ1n) is 9.57. The summed E-state index contributed by atoms with van der Waals surface area (Å²) < 4.78 is 7.13. The molecular formula is C18H19N7O6S. The molecule has 1 N–H and O–H groups in total. The number of nitro groups is 2. The first-order chi connectivity index (χ1) is 15.4. The van der Waals surface area contributed by atoms with E-state index in [1.54, 1.807) is 23.0 Å². The minimum atomic E-state index is -0.555. The molecule has 13 nitrogen and oxygen atoms in total. The Morgan fingerprint density at radius 2 is 1.97 bits per heavy atom. The number of nitrogens with one attached hydrogen (secondary N) is 1. The number of carbonyl (C=O) groups is 1. The van der Waals surface area contributed by atoms with Crippen LogP contribution in [0.15, 0.2) is 36.7 Å². The second kappa shape index (κ2) is 10.9. The van der Waals surface area contributed by atoms with Gasteiger partial charge in [-0.05, 0) is 30.2 Å². The van der Waals surface area contributed by atoms with Crippen molar-refractivity contribution < 1.29 is 19.4 Å². The normalized spacial score (nSPS) is 10.6. The predicted octanol–water partition coefficient (Wildman–Crippen LogP) is 3.33. The minimum absolute atomic E-state index is 0.0555. The van der Waals surface area contributed by atoms with Crippen molar-refractivity contribution in [3.8, 4) is 5.75 Å². The van der Waals surface area contributed by atoms with Crippen LogP contribution < -0.4 is 10.1 Å². The standard InChI is InChI=1S/C18H19N7O6S/c26-16(20-18-19-10-17(32-18)25(29)30)8-2-1-5-9-23-11-13(21-22-23)12-31-15-7-4-3-6-14(15)24(27)28/h3-4,6-7,10-11H,1-2,5,8-9,12H2,(H,19,20,26). The van der Waals surface area contributed by atoms with E-state index < -0.39 is 9.85 Å². The smallest absolute Gasteiger partial charge is 0.345 e. The highest BCUT2D eigenvalue weighted by atomic mass is 32.1. The summed E-state index contributed by atoms with van der Waals surface area (Å²) in [5.41, 5.74) is 0.428. The number of nitro benzene ring substituents is 1. The Morgan fingerprint density at radius 1 is 1.16 bits per heavy atom. The highest BCUT2D eigenvalue weighted by Gasteiger charge is 2.15. The lowest BCUT2D eigenvalue weighted by Crippen LogP contribution is -2.10. The Hall–Kier alpha value is -3.94. The summed E-state index contributed by atoms with van der Waals surface area (Å²) in [5.74, 6) is -0.0814. The quantitative estimate of drug-likeness (QED) is 0.241. The van der Waals surface area contributed by atoms with Crippen LogP contribution in [0.5, 0.6) is 5.75 Å². The number of carbonyl (C=O) groups excluding carboxylic acids is 1. The molecule has 0 bridgehead atoms. The fourth-order valence-electron chi connectivity index (χ4n) is 2.72. The molecule has 14 heteroatoms. The van der Waals surface area contributed by atoms with Gasteiger partial charge in [-0.2, -0.15) is 0 Å². The third-order valence-electron chi connectivity index (χ3n) is 4.23. The minimum Gasteiger partial charge on any atom is -0.480 e. The topological polar surface area (TPSA) is 168 Å². The lowest BCUT2D eigenvalue weighted by molar-refractivity contribution is -0.385. The van der Waals surface area contributed by atoms with E-state index in [0.29, 0.717) is 18.7 Å². The zero-order valence-electron chi connectivity index (χ0n) is 16.7. The number of thiazole rings is 1. The molecule has 0 radical (unpaired) electrons. The van der Waals surface area contributed by atoms with E-state index in [1.165, 1.54) is 12.1 Å². The van der Waals surface area contributed by atoms with Crippen molar-refractivity contribution >= 4 is 33.1 Å². The van der Waals surface area contributed by atoms with Crippen LogP contribution in [0.4, 0.5) is 15.8 Å². The van der Waals surface area contributed by atoms with Gasteiger partial charge >= 0.3 is 10.7 Å². The van der Waals surface area contributed by atoms with E-state index in [4.69, 9.17) is 4.74 Å². The molecule has 0 unspecified atom stereocenters. The molecule has 32 heavy (non-hydrogen) atoms. The van der Waals surface area contributed by atoms with Crippen LogP contribution in [0.25, 0.3) is 0 Å². The van der Waals surface area contributed by atoms with Crippen molar-refractivity contribution in [1.29, 1.82) is 0 Å². The van der Waals surface area contributed by atoms with Crippen LogP contribution in [-0.2, 0) is 17.9 Å². The number of ether oxygens (including phenoxy) is 1. The zero-order chi connectivity index (χ0) is 22.9. The molecule has 0 aliphatic rings. The Bertz CT molecular complexity index is 1100. The third kappa shape index (κ3) is 6.53. The Balaban J connectivity index is 1.34. The summed E-state index contributed by atoms with van der Waals surface area (Å²) in [7, 11) is 0. The molecule has 0 fully saturated rings. The molecule has 0 saturated carbocycles. The maximum atomic E-state index is 11.9. The number of para-hydroxylation sites is 2. The maximum absolute atomic E-state index is 11.9. The van der Waals surface area contributed by atoms with Crippen LogP contribution in [0, 0.1) is 20.2 Å². The Morgan fingerprint density at radius 3 is 2.72 bits per heavy atom. The molecule has 168 valence electrons. The third-order valence-corrected chi connectivity index (χ3v) is 5.10. The lowest BCUT2D eigenvalue weighted by Gasteiger charge is -2.04. The first-order valence-corrected chi connectivity index (χ1v) is 10.4. The summed E-state index contributed by atoms with van der Waals surface area (Å²) in [6.07, 6.45) is 5.27. The molecule has 0 aliphatic heterocycles. The van der Waals surface area contributed by atoms with Crippen molar-refractivity contribution in [2.75, 3.05) is 5.32 Å². The average molecular weight is 461 g/mol. The van der Waals surface area contributed by atoms with Gasteiger partial charge in [0.25, 0.3) is 0 Å². The zero-order valence-corrected chi connectivity index (χ0v) is 17.6. The van der Waals surface area contributed by atoms with E-state index in [9.17, 15) is 25.0 Å². The van der Waals surface area contributed by atoms with Gasteiger partial charge in [0.05, 0.1) is 16.0 Å². The molecule has 3 rings (SSSR count). The molecule has 0 atom stereocenters. The number of unbranched alkanes of at least 4 members (excludes halogenated alkanes) is 2. The molecule has 2 aromatic heterocycles. The van der Waals surface area contributed by atoms with Gasteiger partial charge in [0.15, 0.2) is 10.9 Å². The molecule has 0 saturated heterocycles. The van der Waals surface area contributed by atoms with E-state index in [1.807, 2.05) is 0 Å². The number of benzene rings is 1. The second-order valence-corrected chi connectivity index (χ2v) is 7.62. The van der Waals surface area contributed by atoms with Gasteiger partial charge in [-0.25, -0.2) is 4.98 Å². The monoisotopic (exact) mass is 461 g/mol. The SMILES string of the molecule is O=C(CCCCCn1cc(COc2ccccc2[N+](=O)[O-])nn1)Nc1ncc([N+](=O)[O-])s1. The van der Waals surface area contributed by atoms with E-state index >= 15 is 0 Å². The van der Waals surface area contributed by atoms with Crippen LogP contribution in [0.2, 0.25) is 0 Å². The number of aryl methyl sites for hydroxylation is 1. The Kier molecular flexibility index (Phi) is 7.75. The number of amides is 1. The number of hydrogen-bond donors (Lipinski definition) is 1. The molecule has 2 heterocycles. The van der Waals surface area contributed by atoms with Gasteiger partial charge in [0, 0.05) is 19.0 Å². The number of rotatable bonds is 12. The van der Waals surface area contributed by atoms with Crippen molar-refractivity contribution in [2.45, 2.75) is 38.8 Å². The number of anilines is 1. The number of nitrogens with zero attached hydrogens (tertiary/aromatic N) is 6. The predicted molar refractivity (Wildman–Crippen MR) is 113 cm³/mol. The number of hydrogen-bond acceptors (Lipinski definition) is 10. The highest BCUT2D eigenvalue weighted by molar-refractivity contribution is 7.18. The fraction of sp³-hybridized carbons (Fsp3) is 0.333. The average Bonchev–Trinajstić information content (AvgIpc) is 3.42. The van der Waals surface area contributed by atoms with Crippen LogP contribution >= 0.6 is 11.3 Å². The fourth-order valence-corrected chi connectivity index (χ4v) is 3.37. The molecule has 1 aromatic carbocycles. The maximum Gasteiger partial charge on any atom is 0.345 e. The van der Waals surface area contributed by atoms with Gasteiger partial charge in [-0.1, -0.05) is 23.8 Å². The van der Waals surface area contributed by atoms with E-state index in [-0.39, 0.29) is 40.5 Å². The van der Waals surface area contributed by atoms with Crippen molar-refractivity contribution in [3.63, 3.8) is 0 Å². The molecule has 0 spiro atoms. The van der Waals surface area contributed by atoms with Gasteiger partial charge < -0.3 is 10.1 Å². The second-order valence-electron chi connectivity index (χ2n) is 6.61. The van der Waals surface area contributed by atoms with Crippen LogP contribution in [0.1, 0.15) is 31.4 Å². The lowest BCUT2D eigenvalue weighted by atomic mass is 10.2. The summed E-state index contributed by atoms with van der Waals surface area (Å²) in [6.45, 7) is 0.652. The largest absolute Gasteiger partial charge is 0.480 e. The summed E-state index contributed by atoms with van der Waals surface area (Å²) in [5, 5.41) is 32.3. The summed E-state index contributed by atoms with van der Waals surface area (Å²) >= 11 is 0.813. The van der Waals surface area contributed by atoms with Gasteiger partial charge in [0.1, 0.15) is 18.5 Å². The van der Waals surface area contributed by atoms with Crippen LogP contribution in [-0.4, -0.2) is 35.7 Å². The molecule has 0 aliphatic carbocycles. The van der Waals surface area contributed by atoms with Gasteiger partial charge in [-0.15, -0.1) is 5.10 Å². The Labute approximate surface area is 185 Å². The number of aromatic nitrogens is 4. The molecule has 1 amide bonds. The van der Waals surface area contributed by atoms with Gasteiger partial charge in [-0.3, -0.25) is 29.7 Å². The van der Waals surface area contributed by atoms with E-state index in [0.717, 1.165) is 30.4 Å². The molecular weight excluding hydrogens is 442 g/mol. The summed E-state index contributed by atoms with van der Waals surface area (Å²) in [6, 6.07) is 6.11. The molecule has 3 aromatic rings. The van der Waals surface area contributed by atoms with E-state index in [2.05, 4.69) is 20.6 Å². The van der Waals surface area contributed by atoms with Crippen LogP contribution in [0.3, 0.4) is 0 Å².